The summed E-state index contributed by atoms with van der Waals surface area (Å²) in [4.78, 5) is 134. The van der Waals surface area contributed by atoms with Gasteiger partial charge in [-0.1, -0.05) is 36.2 Å². The van der Waals surface area contributed by atoms with Gasteiger partial charge in [0, 0.05) is 110 Å². The summed E-state index contributed by atoms with van der Waals surface area (Å²) in [6, 6.07) is 11.9. The first kappa shape index (κ1) is 70.3. The number of benzene rings is 2. The van der Waals surface area contributed by atoms with Crippen LogP contribution in [0.1, 0.15) is 92.6 Å². The lowest BCUT2D eigenvalue weighted by molar-refractivity contribution is -0.140. The zero-order chi connectivity index (χ0) is 64.5. The van der Waals surface area contributed by atoms with Gasteiger partial charge in [0.1, 0.15) is 17.8 Å². The van der Waals surface area contributed by atoms with Gasteiger partial charge in [0.25, 0.3) is 11.8 Å². The number of carboxylic acids is 3. The Morgan fingerprint density at radius 2 is 1.35 bits per heavy atom. The average molecular weight is 1250 g/mol. The summed E-state index contributed by atoms with van der Waals surface area (Å²) in [5.41, 5.74) is 3.04. The molecule has 488 valence electrons. The number of carbonyl (C=O) groups excluding carboxylic acids is 6. The molecule has 7 N–H and O–H groups in total. The fraction of sp³-hybridized carbons (Fsp3) is 0.597. The average Bonchev–Trinajstić information content (AvgIpc) is 2.00. The van der Waals surface area contributed by atoms with Gasteiger partial charge in [0.15, 0.2) is 0 Å². The number of unbranched alkanes of at least 4 members (excludes halogenated alkanes) is 1. The third kappa shape index (κ3) is 24.3. The van der Waals surface area contributed by atoms with E-state index in [2.05, 4.69) is 31.2 Å². The zero-order valence-electron chi connectivity index (χ0n) is 51.3. The molecule has 0 aliphatic carbocycles. The fourth-order valence-electron chi connectivity index (χ4n) is 11.3. The molecule has 4 heterocycles. The Morgan fingerprint density at radius 1 is 0.742 bits per heavy atom. The molecule has 3 atom stereocenters. The Kier molecular flexibility index (Phi) is 28.0. The number of amides is 6. The largest absolute Gasteiger partial charge is 0.494 e. The van der Waals surface area contributed by atoms with E-state index in [1.165, 1.54) is 25.5 Å². The first-order valence-corrected chi connectivity index (χ1v) is 30.7. The fourth-order valence-corrected chi connectivity index (χ4v) is 11.3. The van der Waals surface area contributed by atoms with Crippen molar-refractivity contribution in [1.82, 2.24) is 55.7 Å². The molecule has 0 unspecified atom stereocenters. The van der Waals surface area contributed by atoms with Crippen LogP contribution in [0.25, 0.3) is 10.9 Å². The number of nitrogens with zero attached hydrogens (tertiary/aromatic N) is 8. The van der Waals surface area contributed by atoms with Crippen LogP contribution in [0.3, 0.4) is 0 Å². The Balaban J connectivity index is 0.987. The summed E-state index contributed by atoms with van der Waals surface area (Å²) in [6.07, 6.45) is 8.29. The number of hydrogen-bond donors (Lipinski definition) is 7. The van der Waals surface area contributed by atoms with Crippen molar-refractivity contribution in [2.24, 2.45) is 10.9 Å². The molecule has 3 saturated heterocycles. The molecule has 6 amide bonds. The molecule has 89 heavy (non-hydrogen) atoms. The summed E-state index contributed by atoms with van der Waals surface area (Å²) in [7, 11) is 1.44. The predicted molar refractivity (Wildman–Crippen MR) is 327 cm³/mol. The SMILES string of the molecule is C/N=C/[C@H]1CC(F)(F)CN1C(=O)CNC(=O)c1ccnc2ccc(OCCCCC3CCN(C(=O)[C@H](C)NC(=O)[C@H](CCCNC(=O)CCCc4ccc(C)cc4)NC(=O)CN4CCN(CC(=O)O)CCN(CC(=O)O)CCN(CC(=O)O)CC4)CC3)cc12. The quantitative estimate of drug-likeness (QED) is 0.0372. The van der Waals surface area contributed by atoms with Crippen LogP contribution in [-0.4, -0.2) is 258 Å². The number of hydrogen-bond acceptors (Lipinski definition) is 16. The van der Waals surface area contributed by atoms with E-state index in [-0.39, 0.29) is 109 Å². The molecule has 0 spiro atoms. The predicted octanol–water partition coefficient (Wildman–Crippen LogP) is 2.38. The normalized spacial score (nSPS) is 18.3. The highest BCUT2D eigenvalue weighted by atomic mass is 19.3. The van der Waals surface area contributed by atoms with E-state index >= 15 is 0 Å². The van der Waals surface area contributed by atoms with Gasteiger partial charge in [0.2, 0.25) is 29.5 Å². The van der Waals surface area contributed by atoms with Crippen molar-refractivity contribution >= 4 is 70.5 Å². The Bertz CT molecular complexity index is 2880. The van der Waals surface area contributed by atoms with Crippen LogP contribution < -0.4 is 26.0 Å². The number of halogens is 2. The molecule has 3 aliphatic rings. The van der Waals surface area contributed by atoms with Crippen molar-refractivity contribution in [3.63, 3.8) is 0 Å². The maximum Gasteiger partial charge on any atom is 0.317 e. The Hall–Kier alpha value is -7.75. The molecule has 3 fully saturated rings. The molecule has 3 aromatic rings. The van der Waals surface area contributed by atoms with E-state index in [0.29, 0.717) is 61.5 Å². The number of fused-ring (bicyclic) bond motifs is 1. The van der Waals surface area contributed by atoms with Gasteiger partial charge in [0.05, 0.1) is 63.0 Å². The van der Waals surface area contributed by atoms with Crippen LogP contribution in [-0.2, 0) is 44.8 Å². The number of likely N-dealkylation sites (tertiary alicyclic amines) is 2. The number of pyridine rings is 1. The van der Waals surface area contributed by atoms with Crippen molar-refractivity contribution in [3.05, 3.63) is 71.4 Å². The molecule has 3 aliphatic heterocycles. The van der Waals surface area contributed by atoms with Gasteiger partial charge in [-0.2, -0.15) is 0 Å². The number of nitrogens with one attached hydrogen (secondary N) is 4. The highest BCUT2D eigenvalue weighted by molar-refractivity contribution is 6.07. The Morgan fingerprint density at radius 3 is 1.94 bits per heavy atom. The topological polar surface area (TPSA) is 316 Å². The number of carboxylic acid groups (broad SMARTS) is 3. The molecule has 0 bridgehead atoms. The number of carbonyl (C=O) groups is 9. The van der Waals surface area contributed by atoms with Crippen molar-refractivity contribution in [2.75, 3.05) is 125 Å². The van der Waals surface area contributed by atoms with Gasteiger partial charge in [-0.25, -0.2) is 8.78 Å². The summed E-state index contributed by atoms with van der Waals surface area (Å²) in [6.45, 7) is 4.24. The lowest BCUT2D eigenvalue weighted by Crippen LogP contribution is -2.55. The van der Waals surface area contributed by atoms with Crippen LogP contribution in [0.15, 0.2) is 59.7 Å². The first-order chi connectivity index (χ1) is 42.5. The number of piperidine rings is 1. The third-order valence-corrected chi connectivity index (χ3v) is 16.2. The lowest BCUT2D eigenvalue weighted by Gasteiger charge is -2.34. The minimum absolute atomic E-state index is 0.111. The Labute approximate surface area is 517 Å². The molecule has 1 aromatic heterocycles. The maximum atomic E-state index is 14.1. The monoisotopic (exact) mass is 1250 g/mol. The van der Waals surface area contributed by atoms with Gasteiger partial charge in [-0.05, 0) is 101 Å². The zero-order valence-corrected chi connectivity index (χ0v) is 51.3. The van der Waals surface area contributed by atoms with E-state index in [1.54, 1.807) is 49.6 Å². The van der Waals surface area contributed by atoms with Crippen LogP contribution in [0.2, 0.25) is 0 Å². The number of alkyl halides is 2. The maximum absolute atomic E-state index is 14.1. The van der Waals surface area contributed by atoms with Crippen molar-refractivity contribution in [1.29, 1.82) is 0 Å². The number of aromatic nitrogens is 1. The molecular weight excluding hydrogens is 1160 g/mol. The van der Waals surface area contributed by atoms with Crippen LogP contribution in [0, 0.1) is 12.8 Å². The van der Waals surface area contributed by atoms with Gasteiger partial charge < -0.3 is 51.1 Å². The molecular formula is C62H88F2N12O13. The van der Waals surface area contributed by atoms with E-state index in [4.69, 9.17) is 4.74 Å². The third-order valence-electron chi connectivity index (χ3n) is 16.2. The summed E-state index contributed by atoms with van der Waals surface area (Å²) in [5.74, 6) is -8.25. The molecule has 27 heteroatoms. The number of aliphatic carboxylic acids is 3. The van der Waals surface area contributed by atoms with E-state index < -0.39 is 85.1 Å². The summed E-state index contributed by atoms with van der Waals surface area (Å²) >= 11 is 0. The van der Waals surface area contributed by atoms with Gasteiger partial charge in [-0.3, -0.25) is 72.7 Å². The van der Waals surface area contributed by atoms with Gasteiger partial charge >= 0.3 is 17.9 Å². The van der Waals surface area contributed by atoms with Crippen LogP contribution >= 0.6 is 0 Å². The number of ether oxygens (including phenoxy) is 1. The highest BCUT2D eigenvalue weighted by Gasteiger charge is 2.46. The summed E-state index contributed by atoms with van der Waals surface area (Å²) < 4.78 is 34.4. The number of aryl methyl sites for hydroxylation is 2. The molecule has 0 radical (unpaired) electrons. The molecule has 0 saturated carbocycles. The second-order valence-corrected chi connectivity index (χ2v) is 23.4. The lowest BCUT2D eigenvalue weighted by atomic mass is 9.91. The second-order valence-electron chi connectivity index (χ2n) is 23.4. The van der Waals surface area contributed by atoms with Gasteiger partial charge in [-0.15, -0.1) is 0 Å². The van der Waals surface area contributed by atoms with E-state index in [0.717, 1.165) is 54.6 Å². The number of aliphatic imine (C=N–C) groups is 1. The smallest absolute Gasteiger partial charge is 0.317 e. The van der Waals surface area contributed by atoms with Crippen LogP contribution in [0.5, 0.6) is 5.75 Å². The minimum atomic E-state index is -3.06. The highest BCUT2D eigenvalue weighted by Crippen LogP contribution is 2.31. The number of rotatable bonds is 30. The molecule has 6 rings (SSSR count). The van der Waals surface area contributed by atoms with Crippen LogP contribution in [0.4, 0.5) is 8.78 Å². The van der Waals surface area contributed by atoms with Crippen molar-refractivity contribution < 1.29 is 72.0 Å². The molecule has 25 nitrogen and oxygen atoms in total. The second kappa shape index (κ2) is 35.4. The minimum Gasteiger partial charge on any atom is -0.494 e. The van der Waals surface area contributed by atoms with E-state index in [1.807, 2.05) is 31.2 Å². The van der Waals surface area contributed by atoms with E-state index in [9.17, 15) is 67.3 Å². The summed E-state index contributed by atoms with van der Waals surface area (Å²) in [5, 5.41) is 40.5. The van der Waals surface area contributed by atoms with Crippen molar-refractivity contribution in [2.45, 2.75) is 109 Å². The molecule has 2 aromatic carbocycles. The first-order valence-electron chi connectivity index (χ1n) is 30.7. The standard InChI is InChI=1S/C62H88F2N12O13/c1-43-12-14-45(15-13-43)9-6-11-53(77)67-21-7-10-52(70-54(78)38-71-25-27-72(39-56(80)81)29-31-74(41-58(84)85)32-30-73(28-26-71)40-57(82)83)60(87)69-44(2)61(88)75-23-19-46(20-24-75)8-4-5-33-89-48-16-17-51-50(34-48)49(18-22-66-51)59(86)68-37-55(79)76-42-62(63,64)35-47(76)36-65-3/h12-18,22,34,36,44,46-47,52H,4-11,19-21,23-33,35,37-42H2,1-3H3,(H,67,77)(H,68,86)(H,69,87)(H,70,78)(H,80,81)(H,82,83)(H,84,85)/b65-36+/t44-,47+,52-/m0/s1. The van der Waals surface area contributed by atoms with Crippen molar-refractivity contribution in [3.8, 4) is 5.75 Å².